The van der Waals surface area contributed by atoms with E-state index in [1.54, 1.807) is 10.4 Å². The number of benzene rings is 2. The number of nitrogens with one attached hydrogen (secondary N) is 1. The standard InChI is InChI=1S/C28H33N5O3S/c1-2-25(21-8-9-21)37(34,35)33-16-14-20(15-17-33)18-30-28-26(27(29)31-19-32-28)22-10-12-24(13-11-22)36-23-6-4-3-5-7-23/h2-7,10-13,19-21,25H,1,8-9,14-18H2,(H3,29,30,31,32). The zero-order valence-corrected chi connectivity index (χ0v) is 21.6. The lowest BCUT2D eigenvalue weighted by Crippen LogP contribution is -2.44. The second-order valence-electron chi connectivity index (χ2n) is 9.73. The lowest BCUT2D eigenvalue weighted by molar-refractivity contribution is 0.280. The summed E-state index contributed by atoms with van der Waals surface area (Å²) in [5.41, 5.74) is 7.89. The topological polar surface area (TPSA) is 110 Å². The molecule has 1 aliphatic heterocycles. The average Bonchev–Trinajstić information content (AvgIpc) is 3.74. The average molecular weight is 520 g/mol. The predicted molar refractivity (Wildman–Crippen MR) is 147 cm³/mol. The number of sulfonamides is 1. The van der Waals surface area contributed by atoms with E-state index in [1.165, 1.54) is 6.33 Å². The van der Waals surface area contributed by atoms with E-state index in [-0.39, 0.29) is 5.92 Å². The molecule has 1 atom stereocenters. The number of nitrogen functional groups attached to an aromatic ring is 1. The summed E-state index contributed by atoms with van der Waals surface area (Å²) in [4.78, 5) is 8.65. The molecular weight excluding hydrogens is 486 g/mol. The van der Waals surface area contributed by atoms with Gasteiger partial charge in [-0.3, -0.25) is 0 Å². The number of aromatic nitrogens is 2. The van der Waals surface area contributed by atoms with Gasteiger partial charge in [0, 0.05) is 19.6 Å². The van der Waals surface area contributed by atoms with Gasteiger partial charge >= 0.3 is 0 Å². The van der Waals surface area contributed by atoms with E-state index in [2.05, 4.69) is 21.9 Å². The van der Waals surface area contributed by atoms with Crippen LogP contribution in [0.2, 0.25) is 0 Å². The molecule has 2 heterocycles. The summed E-state index contributed by atoms with van der Waals surface area (Å²) >= 11 is 0. The van der Waals surface area contributed by atoms with Crippen molar-refractivity contribution in [2.75, 3.05) is 30.7 Å². The molecular formula is C28H33N5O3S. The van der Waals surface area contributed by atoms with Crippen LogP contribution in [0.15, 0.2) is 73.6 Å². The summed E-state index contributed by atoms with van der Waals surface area (Å²) in [6, 6.07) is 17.3. The van der Waals surface area contributed by atoms with Crippen molar-refractivity contribution in [1.29, 1.82) is 0 Å². The normalized spacial score (nSPS) is 17.7. The van der Waals surface area contributed by atoms with Gasteiger partial charge in [-0.15, -0.1) is 6.58 Å². The first-order valence-electron chi connectivity index (χ1n) is 12.7. The van der Waals surface area contributed by atoms with Crippen LogP contribution in [0.5, 0.6) is 11.5 Å². The van der Waals surface area contributed by atoms with Crippen molar-refractivity contribution in [3.8, 4) is 22.6 Å². The van der Waals surface area contributed by atoms with Crippen molar-refractivity contribution < 1.29 is 13.2 Å². The molecule has 3 N–H and O–H groups in total. The maximum Gasteiger partial charge on any atom is 0.220 e. The molecule has 0 bridgehead atoms. The Morgan fingerprint density at radius 1 is 1.03 bits per heavy atom. The molecule has 37 heavy (non-hydrogen) atoms. The number of para-hydroxylation sites is 1. The molecule has 2 aliphatic rings. The number of hydrogen-bond acceptors (Lipinski definition) is 7. The molecule has 8 nitrogen and oxygen atoms in total. The van der Waals surface area contributed by atoms with E-state index < -0.39 is 15.3 Å². The third-order valence-corrected chi connectivity index (χ3v) is 9.50. The van der Waals surface area contributed by atoms with Crippen LogP contribution in [0.3, 0.4) is 0 Å². The van der Waals surface area contributed by atoms with Crippen molar-refractivity contribution in [3.63, 3.8) is 0 Å². The minimum atomic E-state index is -3.33. The predicted octanol–water partition coefficient (Wildman–Crippen LogP) is 4.94. The molecule has 0 radical (unpaired) electrons. The minimum absolute atomic E-state index is 0.238. The molecule has 2 fully saturated rings. The molecule has 1 saturated carbocycles. The van der Waals surface area contributed by atoms with Crippen LogP contribution in [-0.4, -0.2) is 47.6 Å². The summed E-state index contributed by atoms with van der Waals surface area (Å²) in [7, 11) is -3.33. The Labute approximate surface area is 218 Å². The van der Waals surface area contributed by atoms with Crippen molar-refractivity contribution in [2.45, 2.75) is 30.9 Å². The Balaban J connectivity index is 1.21. The number of hydrogen-bond donors (Lipinski definition) is 2. The fraction of sp³-hybridized carbons (Fsp3) is 0.357. The van der Waals surface area contributed by atoms with Crippen LogP contribution < -0.4 is 15.8 Å². The Morgan fingerprint density at radius 2 is 1.70 bits per heavy atom. The molecule has 9 heteroatoms. The summed E-state index contributed by atoms with van der Waals surface area (Å²) in [6.45, 7) is 5.53. The van der Waals surface area contributed by atoms with Crippen molar-refractivity contribution in [2.24, 2.45) is 11.8 Å². The van der Waals surface area contributed by atoms with Gasteiger partial charge in [0.1, 0.15) is 29.5 Å². The lowest BCUT2D eigenvalue weighted by Gasteiger charge is -2.33. The third-order valence-electron chi connectivity index (χ3n) is 7.15. The second-order valence-corrected chi connectivity index (χ2v) is 11.8. The van der Waals surface area contributed by atoms with Crippen molar-refractivity contribution in [3.05, 3.63) is 73.6 Å². The van der Waals surface area contributed by atoms with Crippen LogP contribution in [-0.2, 0) is 10.0 Å². The highest BCUT2D eigenvalue weighted by molar-refractivity contribution is 7.89. The highest BCUT2D eigenvalue weighted by Gasteiger charge is 2.41. The first-order valence-corrected chi connectivity index (χ1v) is 14.2. The highest BCUT2D eigenvalue weighted by atomic mass is 32.2. The molecule has 3 aromatic rings. The summed E-state index contributed by atoms with van der Waals surface area (Å²) in [5, 5.41) is 3.00. The zero-order chi connectivity index (χ0) is 25.8. The molecule has 2 aromatic carbocycles. The van der Waals surface area contributed by atoms with E-state index >= 15 is 0 Å². The summed E-state index contributed by atoms with van der Waals surface area (Å²) < 4.78 is 33.6. The van der Waals surface area contributed by atoms with Gasteiger partial charge in [0.15, 0.2) is 0 Å². The molecule has 1 aliphatic carbocycles. The van der Waals surface area contributed by atoms with Crippen LogP contribution in [0.1, 0.15) is 25.7 Å². The highest BCUT2D eigenvalue weighted by Crippen LogP contribution is 2.39. The van der Waals surface area contributed by atoms with Gasteiger partial charge < -0.3 is 15.8 Å². The Bertz CT molecular complexity index is 1320. The molecule has 0 amide bonds. The Morgan fingerprint density at radius 3 is 2.35 bits per heavy atom. The molecule has 1 aromatic heterocycles. The Hall–Kier alpha value is -3.43. The molecule has 194 valence electrons. The first kappa shape index (κ1) is 25.2. The van der Waals surface area contributed by atoms with E-state index in [4.69, 9.17) is 10.5 Å². The van der Waals surface area contributed by atoms with Gasteiger partial charge in [-0.1, -0.05) is 36.4 Å². The van der Waals surface area contributed by atoms with Crippen LogP contribution in [0.25, 0.3) is 11.1 Å². The molecule has 1 unspecified atom stereocenters. The monoisotopic (exact) mass is 519 g/mol. The van der Waals surface area contributed by atoms with Gasteiger partial charge in [-0.05, 0) is 67.3 Å². The number of rotatable bonds is 10. The smallest absolute Gasteiger partial charge is 0.220 e. The zero-order valence-electron chi connectivity index (χ0n) is 20.8. The number of nitrogens with zero attached hydrogens (tertiary/aromatic N) is 3. The number of ether oxygens (including phenoxy) is 1. The van der Waals surface area contributed by atoms with E-state index in [9.17, 15) is 8.42 Å². The van der Waals surface area contributed by atoms with Gasteiger partial charge in [0.05, 0.1) is 10.8 Å². The number of nitrogens with two attached hydrogens (primary N) is 1. The van der Waals surface area contributed by atoms with E-state index in [0.29, 0.717) is 37.2 Å². The first-order chi connectivity index (χ1) is 18.0. The van der Waals surface area contributed by atoms with E-state index in [1.807, 2.05) is 54.6 Å². The van der Waals surface area contributed by atoms with Crippen LogP contribution in [0, 0.1) is 11.8 Å². The molecule has 5 rings (SSSR count). The maximum absolute atomic E-state index is 13.0. The van der Waals surface area contributed by atoms with Gasteiger partial charge in [0.2, 0.25) is 10.0 Å². The quantitative estimate of drug-likeness (QED) is 0.365. The summed E-state index contributed by atoms with van der Waals surface area (Å²) in [5.74, 6) is 3.13. The fourth-order valence-electron chi connectivity index (χ4n) is 4.90. The molecule has 1 saturated heterocycles. The van der Waals surface area contributed by atoms with E-state index in [0.717, 1.165) is 48.3 Å². The maximum atomic E-state index is 13.0. The molecule has 0 spiro atoms. The number of piperidine rings is 1. The third kappa shape index (κ3) is 5.78. The van der Waals surface area contributed by atoms with Crippen molar-refractivity contribution >= 4 is 21.7 Å². The van der Waals surface area contributed by atoms with Crippen LogP contribution >= 0.6 is 0 Å². The SMILES string of the molecule is C=CC(C1CC1)S(=O)(=O)N1CCC(CNc2ncnc(N)c2-c2ccc(Oc3ccccc3)cc2)CC1. The second kappa shape index (κ2) is 10.9. The largest absolute Gasteiger partial charge is 0.457 e. The van der Waals surface area contributed by atoms with Crippen molar-refractivity contribution in [1.82, 2.24) is 14.3 Å². The lowest BCUT2D eigenvalue weighted by atomic mass is 9.98. The number of anilines is 2. The summed E-state index contributed by atoms with van der Waals surface area (Å²) in [6.07, 6.45) is 6.61. The Kier molecular flexibility index (Phi) is 7.43. The van der Waals surface area contributed by atoms with Gasteiger partial charge in [0.25, 0.3) is 0 Å². The van der Waals surface area contributed by atoms with Gasteiger partial charge in [-0.25, -0.2) is 22.7 Å². The van der Waals surface area contributed by atoms with Gasteiger partial charge in [-0.2, -0.15) is 0 Å². The van der Waals surface area contributed by atoms with Crippen LogP contribution in [0.4, 0.5) is 11.6 Å². The fourth-order valence-corrected chi connectivity index (χ4v) is 6.96. The minimum Gasteiger partial charge on any atom is -0.457 e.